The minimum atomic E-state index is -4.62. The van der Waals surface area contributed by atoms with E-state index in [-0.39, 0.29) is 11.4 Å². The predicted octanol–water partition coefficient (Wildman–Crippen LogP) is 3.17. The van der Waals surface area contributed by atoms with Gasteiger partial charge in [0.15, 0.2) is 11.9 Å². The molecular formula is C19H18ClF3N4O4. The summed E-state index contributed by atoms with van der Waals surface area (Å²) >= 11 is 5.76. The van der Waals surface area contributed by atoms with Crippen LogP contribution in [0.4, 0.5) is 24.8 Å². The second kappa shape index (κ2) is 9.48. The van der Waals surface area contributed by atoms with Gasteiger partial charge >= 0.3 is 12.1 Å². The number of alkyl halides is 3. The molecule has 8 nitrogen and oxygen atoms in total. The summed E-state index contributed by atoms with van der Waals surface area (Å²) in [5.74, 6) is -1.18. The third kappa shape index (κ3) is 5.82. The lowest BCUT2D eigenvalue weighted by molar-refractivity contribution is -0.137. The maximum Gasteiger partial charge on any atom is 0.417 e. The number of carbonyl (C=O) groups is 2. The highest BCUT2D eigenvalue weighted by Gasteiger charge is 2.32. The minimum absolute atomic E-state index is 0.141. The fraction of sp³-hybridized carbons (Fsp3) is 0.368. The molecule has 1 saturated heterocycles. The molecule has 0 saturated carbocycles. The number of amides is 1. The number of morpholine rings is 1. The first kappa shape index (κ1) is 22.8. The molecule has 2 aromatic heterocycles. The molecule has 166 valence electrons. The largest absolute Gasteiger partial charge is 0.449 e. The molecule has 31 heavy (non-hydrogen) atoms. The molecular weight excluding hydrogens is 441 g/mol. The first-order valence-electron chi connectivity index (χ1n) is 9.18. The van der Waals surface area contributed by atoms with Crippen molar-refractivity contribution in [2.45, 2.75) is 19.2 Å². The van der Waals surface area contributed by atoms with Crippen LogP contribution in [0.1, 0.15) is 22.8 Å². The second-order valence-corrected chi connectivity index (χ2v) is 7.00. The Morgan fingerprint density at radius 3 is 2.52 bits per heavy atom. The van der Waals surface area contributed by atoms with Crippen molar-refractivity contribution in [3.63, 3.8) is 0 Å². The van der Waals surface area contributed by atoms with Crippen molar-refractivity contribution >= 4 is 35.1 Å². The molecule has 1 amide bonds. The van der Waals surface area contributed by atoms with Crippen LogP contribution < -0.4 is 10.2 Å². The van der Waals surface area contributed by atoms with Gasteiger partial charge < -0.3 is 19.7 Å². The van der Waals surface area contributed by atoms with Crippen molar-refractivity contribution in [2.75, 3.05) is 36.5 Å². The van der Waals surface area contributed by atoms with E-state index in [0.29, 0.717) is 44.4 Å². The number of aromatic nitrogens is 2. The van der Waals surface area contributed by atoms with Gasteiger partial charge in [-0.1, -0.05) is 11.6 Å². The van der Waals surface area contributed by atoms with E-state index in [0.717, 1.165) is 0 Å². The molecule has 1 aliphatic rings. The van der Waals surface area contributed by atoms with Gasteiger partial charge in [0.05, 0.1) is 29.4 Å². The van der Waals surface area contributed by atoms with Crippen molar-refractivity contribution in [2.24, 2.45) is 0 Å². The van der Waals surface area contributed by atoms with E-state index < -0.39 is 34.7 Å². The average molecular weight is 459 g/mol. The predicted molar refractivity (Wildman–Crippen MR) is 105 cm³/mol. The third-order valence-electron chi connectivity index (χ3n) is 4.38. The number of hydrogen-bond acceptors (Lipinski definition) is 7. The van der Waals surface area contributed by atoms with Crippen molar-refractivity contribution in [1.82, 2.24) is 9.97 Å². The van der Waals surface area contributed by atoms with Gasteiger partial charge in [0.2, 0.25) is 0 Å². The Morgan fingerprint density at radius 1 is 1.23 bits per heavy atom. The lowest BCUT2D eigenvalue weighted by Crippen LogP contribution is -2.36. The normalized spacial score (nSPS) is 15.3. The van der Waals surface area contributed by atoms with E-state index in [2.05, 4.69) is 15.3 Å². The smallest absolute Gasteiger partial charge is 0.417 e. The first-order chi connectivity index (χ1) is 14.6. The van der Waals surface area contributed by atoms with E-state index in [1.807, 2.05) is 4.90 Å². The molecule has 2 aromatic rings. The number of esters is 1. The van der Waals surface area contributed by atoms with Crippen LogP contribution in [0.2, 0.25) is 5.02 Å². The zero-order valence-corrected chi connectivity index (χ0v) is 17.0. The summed E-state index contributed by atoms with van der Waals surface area (Å²) in [4.78, 5) is 34.3. The zero-order valence-electron chi connectivity index (χ0n) is 16.3. The number of hydrogen-bond donors (Lipinski definition) is 1. The Bertz CT molecular complexity index is 950. The Morgan fingerprint density at radius 2 is 1.94 bits per heavy atom. The van der Waals surface area contributed by atoms with Crippen molar-refractivity contribution < 1.29 is 32.2 Å². The lowest BCUT2D eigenvalue weighted by Gasteiger charge is -2.27. The van der Waals surface area contributed by atoms with Gasteiger partial charge in [-0.05, 0) is 25.1 Å². The topological polar surface area (TPSA) is 93.6 Å². The molecule has 1 atom stereocenters. The summed E-state index contributed by atoms with van der Waals surface area (Å²) in [5, 5.41) is 1.84. The average Bonchev–Trinajstić information content (AvgIpc) is 2.75. The standard InChI is InChI=1S/C19H18ClF3N4O4/c1-11(17(28)26-16-14(20)8-13(10-25-16)19(21,22)23)31-18(29)12-2-3-15(24-9-12)27-4-6-30-7-5-27/h2-3,8-11H,4-7H2,1H3,(H,25,26,28)/t11-/m0/s1. The maximum absolute atomic E-state index is 12.7. The van der Waals surface area contributed by atoms with Crippen LogP contribution in [0.25, 0.3) is 0 Å². The summed E-state index contributed by atoms with van der Waals surface area (Å²) in [5.41, 5.74) is -0.912. The number of anilines is 2. The molecule has 0 bridgehead atoms. The van der Waals surface area contributed by atoms with Crippen LogP contribution in [0, 0.1) is 0 Å². The van der Waals surface area contributed by atoms with Crippen LogP contribution in [0.3, 0.4) is 0 Å². The Hall–Kier alpha value is -2.92. The zero-order chi connectivity index (χ0) is 22.6. The number of carbonyl (C=O) groups excluding carboxylic acids is 2. The van der Waals surface area contributed by atoms with Gasteiger partial charge in [-0.2, -0.15) is 13.2 Å². The Labute approximate surface area is 180 Å². The highest BCUT2D eigenvalue weighted by molar-refractivity contribution is 6.33. The molecule has 0 aliphatic carbocycles. The highest BCUT2D eigenvalue weighted by atomic mass is 35.5. The van der Waals surface area contributed by atoms with Gasteiger partial charge in [0.25, 0.3) is 5.91 Å². The highest BCUT2D eigenvalue weighted by Crippen LogP contribution is 2.32. The third-order valence-corrected chi connectivity index (χ3v) is 4.67. The Balaban J connectivity index is 1.58. The van der Waals surface area contributed by atoms with E-state index in [4.69, 9.17) is 21.1 Å². The van der Waals surface area contributed by atoms with Crippen molar-refractivity contribution in [3.8, 4) is 0 Å². The monoisotopic (exact) mass is 458 g/mol. The number of ether oxygens (including phenoxy) is 2. The van der Waals surface area contributed by atoms with Gasteiger partial charge in [-0.25, -0.2) is 14.8 Å². The number of rotatable bonds is 5. The molecule has 3 heterocycles. The van der Waals surface area contributed by atoms with Crippen LogP contribution in [-0.2, 0) is 20.4 Å². The lowest BCUT2D eigenvalue weighted by atomic mass is 10.2. The second-order valence-electron chi connectivity index (χ2n) is 6.59. The molecule has 12 heteroatoms. The molecule has 0 spiro atoms. The van der Waals surface area contributed by atoms with Crippen LogP contribution in [-0.4, -0.2) is 54.3 Å². The molecule has 0 aromatic carbocycles. The minimum Gasteiger partial charge on any atom is -0.449 e. The van der Waals surface area contributed by atoms with E-state index >= 15 is 0 Å². The van der Waals surface area contributed by atoms with Crippen LogP contribution in [0.15, 0.2) is 30.6 Å². The maximum atomic E-state index is 12.7. The fourth-order valence-electron chi connectivity index (χ4n) is 2.67. The molecule has 1 N–H and O–H groups in total. The number of nitrogens with zero attached hydrogens (tertiary/aromatic N) is 3. The molecule has 3 rings (SSSR count). The van der Waals surface area contributed by atoms with Gasteiger partial charge in [-0.15, -0.1) is 0 Å². The quantitative estimate of drug-likeness (QED) is 0.688. The van der Waals surface area contributed by atoms with Crippen LogP contribution >= 0.6 is 11.6 Å². The van der Waals surface area contributed by atoms with Gasteiger partial charge in [-0.3, -0.25) is 4.79 Å². The number of pyridine rings is 2. The summed E-state index contributed by atoms with van der Waals surface area (Å²) in [6, 6.07) is 3.83. The van der Waals surface area contributed by atoms with E-state index in [9.17, 15) is 22.8 Å². The number of halogens is 4. The number of nitrogens with one attached hydrogen (secondary N) is 1. The molecule has 1 fully saturated rings. The van der Waals surface area contributed by atoms with E-state index in [1.165, 1.54) is 19.2 Å². The Kier molecular flexibility index (Phi) is 6.96. The van der Waals surface area contributed by atoms with Crippen molar-refractivity contribution in [1.29, 1.82) is 0 Å². The van der Waals surface area contributed by atoms with Gasteiger partial charge in [0.1, 0.15) is 5.82 Å². The van der Waals surface area contributed by atoms with Gasteiger partial charge in [0, 0.05) is 25.5 Å². The molecule has 0 radical (unpaired) electrons. The first-order valence-corrected chi connectivity index (χ1v) is 9.56. The summed E-state index contributed by atoms with van der Waals surface area (Å²) in [6.07, 6.45) is -3.99. The SMILES string of the molecule is C[C@H](OC(=O)c1ccc(N2CCOCC2)nc1)C(=O)Nc1ncc(C(F)(F)F)cc1Cl. The summed E-state index contributed by atoms with van der Waals surface area (Å²) < 4.78 is 48.4. The summed E-state index contributed by atoms with van der Waals surface area (Å²) in [7, 11) is 0. The van der Waals surface area contributed by atoms with Crippen LogP contribution in [0.5, 0.6) is 0 Å². The van der Waals surface area contributed by atoms with E-state index in [1.54, 1.807) is 6.07 Å². The molecule has 1 aliphatic heterocycles. The fourth-order valence-corrected chi connectivity index (χ4v) is 2.89. The summed E-state index contributed by atoms with van der Waals surface area (Å²) in [6.45, 7) is 3.87. The van der Waals surface area contributed by atoms with Crippen molar-refractivity contribution in [3.05, 3.63) is 46.7 Å². The molecule has 0 unspecified atom stereocenters.